The second-order valence-corrected chi connectivity index (χ2v) is 5.07. The number of nitrogens with zero attached hydrogens (tertiary/aromatic N) is 2. The van der Waals surface area contributed by atoms with Gasteiger partial charge in [-0.15, -0.1) is 0 Å². The molecule has 0 radical (unpaired) electrons. The lowest BCUT2D eigenvalue weighted by atomic mass is 10.0. The zero-order chi connectivity index (χ0) is 14.5. The van der Waals surface area contributed by atoms with Crippen LogP contribution in [0.5, 0.6) is 0 Å². The van der Waals surface area contributed by atoms with Crippen molar-refractivity contribution >= 4 is 5.82 Å². The fraction of sp³-hybridized carbons (Fsp3) is 0.412. The number of rotatable bonds is 5. The molecule has 1 aromatic carbocycles. The largest absolute Gasteiger partial charge is 0.370 e. The molecular weight excluding hydrogens is 246 g/mol. The van der Waals surface area contributed by atoms with Crippen molar-refractivity contribution in [2.75, 3.05) is 11.9 Å². The number of benzene rings is 1. The van der Waals surface area contributed by atoms with Crippen LogP contribution in [0.2, 0.25) is 0 Å². The van der Waals surface area contributed by atoms with Crippen LogP contribution in [-0.4, -0.2) is 16.5 Å². The standard InChI is InChI=1S/C17H23N3/c1-5-11-18-17-12(3)16(19-13(4)20-17)15-9-7-14(6-2)8-10-15/h7-10H,5-6,11H2,1-4H3,(H,18,19,20). The van der Waals surface area contributed by atoms with Gasteiger partial charge in [0.1, 0.15) is 11.6 Å². The summed E-state index contributed by atoms with van der Waals surface area (Å²) in [7, 11) is 0. The number of hydrogen-bond acceptors (Lipinski definition) is 3. The quantitative estimate of drug-likeness (QED) is 0.886. The van der Waals surface area contributed by atoms with Gasteiger partial charge in [-0.1, -0.05) is 38.1 Å². The zero-order valence-electron chi connectivity index (χ0n) is 12.8. The van der Waals surface area contributed by atoms with Crippen molar-refractivity contribution in [3.05, 3.63) is 41.2 Å². The van der Waals surface area contributed by atoms with Gasteiger partial charge in [0.2, 0.25) is 0 Å². The van der Waals surface area contributed by atoms with Gasteiger partial charge in [0.05, 0.1) is 5.69 Å². The van der Waals surface area contributed by atoms with Gasteiger partial charge in [0, 0.05) is 17.7 Å². The van der Waals surface area contributed by atoms with Gasteiger partial charge in [-0.2, -0.15) is 0 Å². The third-order valence-electron chi connectivity index (χ3n) is 3.44. The SMILES string of the molecule is CCCNc1nc(C)nc(-c2ccc(CC)cc2)c1C. The van der Waals surface area contributed by atoms with E-state index in [2.05, 4.69) is 60.3 Å². The summed E-state index contributed by atoms with van der Waals surface area (Å²) < 4.78 is 0. The molecule has 0 fully saturated rings. The fourth-order valence-corrected chi connectivity index (χ4v) is 2.22. The maximum absolute atomic E-state index is 4.62. The van der Waals surface area contributed by atoms with Gasteiger partial charge >= 0.3 is 0 Å². The molecular formula is C17H23N3. The molecule has 2 rings (SSSR count). The Bertz CT molecular complexity index is 574. The number of aromatic nitrogens is 2. The molecule has 0 aliphatic rings. The topological polar surface area (TPSA) is 37.8 Å². The third kappa shape index (κ3) is 3.16. The Labute approximate surface area is 121 Å². The van der Waals surface area contributed by atoms with Crippen molar-refractivity contribution in [1.29, 1.82) is 0 Å². The molecule has 0 aliphatic carbocycles. The molecule has 1 heterocycles. The minimum atomic E-state index is 0.809. The van der Waals surface area contributed by atoms with E-state index in [1.165, 1.54) is 5.56 Å². The Morgan fingerprint density at radius 3 is 2.30 bits per heavy atom. The molecule has 1 N–H and O–H groups in total. The number of anilines is 1. The van der Waals surface area contributed by atoms with Crippen molar-refractivity contribution in [1.82, 2.24) is 9.97 Å². The van der Waals surface area contributed by atoms with Crippen LogP contribution in [0.15, 0.2) is 24.3 Å². The molecule has 3 nitrogen and oxygen atoms in total. The highest BCUT2D eigenvalue weighted by Crippen LogP contribution is 2.26. The van der Waals surface area contributed by atoms with Crippen molar-refractivity contribution in [2.45, 2.75) is 40.5 Å². The molecule has 0 spiro atoms. The van der Waals surface area contributed by atoms with E-state index >= 15 is 0 Å². The van der Waals surface area contributed by atoms with Crippen LogP contribution in [0.4, 0.5) is 5.82 Å². The van der Waals surface area contributed by atoms with E-state index in [1.54, 1.807) is 0 Å². The molecule has 0 unspecified atom stereocenters. The molecule has 0 saturated carbocycles. The number of aryl methyl sites for hydroxylation is 2. The fourth-order valence-electron chi connectivity index (χ4n) is 2.22. The van der Waals surface area contributed by atoms with Crippen molar-refractivity contribution in [3.63, 3.8) is 0 Å². The zero-order valence-corrected chi connectivity index (χ0v) is 12.8. The second kappa shape index (κ2) is 6.51. The summed E-state index contributed by atoms with van der Waals surface area (Å²) in [4.78, 5) is 9.12. The lowest BCUT2D eigenvalue weighted by molar-refractivity contribution is 0.948. The summed E-state index contributed by atoms with van der Waals surface area (Å²) in [5.74, 6) is 1.76. The number of nitrogens with one attached hydrogen (secondary N) is 1. The van der Waals surface area contributed by atoms with Crippen LogP contribution in [0.25, 0.3) is 11.3 Å². The third-order valence-corrected chi connectivity index (χ3v) is 3.44. The van der Waals surface area contributed by atoms with Gasteiger partial charge in [-0.05, 0) is 32.3 Å². The van der Waals surface area contributed by atoms with Crippen molar-refractivity contribution in [2.24, 2.45) is 0 Å². The maximum atomic E-state index is 4.62. The van der Waals surface area contributed by atoms with Gasteiger partial charge in [-0.3, -0.25) is 0 Å². The van der Waals surface area contributed by atoms with Gasteiger partial charge < -0.3 is 5.32 Å². The summed E-state index contributed by atoms with van der Waals surface area (Å²) in [5.41, 5.74) is 4.65. The smallest absolute Gasteiger partial charge is 0.133 e. The van der Waals surface area contributed by atoms with E-state index in [9.17, 15) is 0 Å². The maximum Gasteiger partial charge on any atom is 0.133 e. The molecule has 0 atom stereocenters. The highest BCUT2D eigenvalue weighted by atomic mass is 15.0. The predicted octanol–water partition coefficient (Wildman–Crippen LogP) is 4.14. The summed E-state index contributed by atoms with van der Waals surface area (Å²) in [6, 6.07) is 8.64. The van der Waals surface area contributed by atoms with E-state index in [0.29, 0.717) is 0 Å². The van der Waals surface area contributed by atoms with Gasteiger partial charge in [-0.25, -0.2) is 9.97 Å². The Morgan fingerprint density at radius 1 is 1.00 bits per heavy atom. The molecule has 2 aromatic rings. The van der Waals surface area contributed by atoms with Crippen LogP contribution in [0.1, 0.15) is 37.2 Å². The van der Waals surface area contributed by atoms with Crippen LogP contribution < -0.4 is 5.32 Å². The molecule has 0 aliphatic heterocycles. The first-order valence-corrected chi connectivity index (χ1v) is 7.34. The highest BCUT2D eigenvalue weighted by Gasteiger charge is 2.10. The van der Waals surface area contributed by atoms with Crippen LogP contribution >= 0.6 is 0 Å². The Hall–Kier alpha value is -1.90. The Balaban J connectivity index is 2.41. The van der Waals surface area contributed by atoms with Crippen LogP contribution in [0, 0.1) is 13.8 Å². The lowest BCUT2D eigenvalue weighted by Crippen LogP contribution is -2.07. The molecule has 106 valence electrons. The molecule has 1 aromatic heterocycles. The molecule has 0 amide bonds. The summed E-state index contributed by atoms with van der Waals surface area (Å²) in [6.07, 6.45) is 2.15. The highest BCUT2D eigenvalue weighted by molar-refractivity contribution is 5.68. The average Bonchev–Trinajstić information content (AvgIpc) is 2.48. The molecule has 20 heavy (non-hydrogen) atoms. The minimum absolute atomic E-state index is 0.809. The summed E-state index contributed by atoms with van der Waals surface area (Å²) >= 11 is 0. The molecule has 3 heteroatoms. The van der Waals surface area contributed by atoms with Crippen LogP contribution in [-0.2, 0) is 6.42 Å². The van der Waals surface area contributed by atoms with Crippen molar-refractivity contribution < 1.29 is 0 Å². The van der Waals surface area contributed by atoms with E-state index < -0.39 is 0 Å². The van der Waals surface area contributed by atoms with E-state index in [4.69, 9.17) is 0 Å². The summed E-state index contributed by atoms with van der Waals surface area (Å²) in [5, 5.41) is 3.39. The Morgan fingerprint density at radius 2 is 1.70 bits per heavy atom. The summed E-state index contributed by atoms with van der Waals surface area (Å²) in [6.45, 7) is 9.29. The van der Waals surface area contributed by atoms with Crippen LogP contribution in [0.3, 0.4) is 0 Å². The normalized spacial score (nSPS) is 10.6. The number of hydrogen-bond donors (Lipinski definition) is 1. The monoisotopic (exact) mass is 269 g/mol. The predicted molar refractivity (Wildman–Crippen MR) is 85.1 cm³/mol. The second-order valence-electron chi connectivity index (χ2n) is 5.07. The first kappa shape index (κ1) is 14.5. The van der Waals surface area contributed by atoms with E-state index in [1.807, 2.05) is 6.92 Å². The molecule has 0 saturated heterocycles. The van der Waals surface area contributed by atoms with E-state index in [0.717, 1.165) is 47.8 Å². The Kier molecular flexibility index (Phi) is 4.72. The first-order chi connectivity index (χ1) is 9.65. The van der Waals surface area contributed by atoms with Gasteiger partial charge in [0.15, 0.2) is 0 Å². The van der Waals surface area contributed by atoms with Gasteiger partial charge in [0.25, 0.3) is 0 Å². The lowest BCUT2D eigenvalue weighted by Gasteiger charge is -2.13. The minimum Gasteiger partial charge on any atom is -0.370 e. The van der Waals surface area contributed by atoms with Crippen molar-refractivity contribution in [3.8, 4) is 11.3 Å². The van der Waals surface area contributed by atoms with E-state index in [-0.39, 0.29) is 0 Å². The first-order valence-electron chi connectivity index (χ1n) is 7.34. The molecule has 0 bridgehead atoms. The average molecular weight is 269 g/mol.